The van der Waals surface area contributed by atoms with E-state index in [2.05, 4.69) is 28.9 Å². The number of pyridine rings is 1. The lowest BCUT2D eigenvalue weighted by Gasteiger charge is -2.21. The first-order chi connectivity index (χ1) is 7.00. The van der Waals surface area contributed by atoms with E-state index in [9.17, 15) is 0 Å². The second-order valence-electron chi connectivity index (χ2n) is 4.12. The van der Waals surface area contributed by atoms with Crippen LogP contribution in [0.4, 0.5) is 11.5 Å². The average molecular weight is 208 g/mol. The molecule has 4 heteroatoms. The van der Waals surface area contributed by atoms with Crippen molar-refractivity contribution in [1.82, 2.24) is 9.88 Å². The maximum absolute atomic E-state index is 5.84. The van der Waals surface area contributed by atoms with Crippen molar-refractivity contribution in [1.29, 1.82) is 0 Å². The number of likely N-dealkylation sites (N-methyl/N-ethyl adjacent to an activating group) is 2. The summed E-state index contributed by atoms with van der Waals surface area (Å²) < 4.78 is 0. The summed E-state index contributed by atoms with van der Waals surface area (Å²) >= 11 is 0. The minimum absolute atomic E-state index is 0.803. The SMILES string of the molecule is Cc1cnc(N(C)CCN(C)C)cc1N. The molecule has 0 saturated heterocycles. The zero-order valence-corrected chi connectivity index (χ0v) is 9.99. The second kappa shape index (κ2) is 4.98. The lowest BCUT2D eigenvalue weighted by Crippen LogP contribution is -2.29. The van der Waals surface area contributed by atoms with E-state index < -0.39 is 0 Å². The highest BCUT2D eigenvalue weighted by Gasteiger charge is 2.04. The fourth-order valence-corrected chi connectivity index (χ4v) is 1.20. The van der Waals surface area contributed by atoms with E-state index in [1.165, 1.54) is 0 Å². The summed E-state index contributed by atoms with van der Waals surface area (Å²) in [6, 6.07) is 1.92. The highest BCUT2D eigenvalue weighted by Crippen LogP contribution is 2.16. The van der Waals surface area contributed by atoms with E-state index >= 15 is 0 Å². The van der Waals surface area contributed by atoms with Crippen LogP contribution in [0.2, 0.25) is 0 Å². The van der Waals surface area contributed by atoms with Crippen LogP contribution in [-0.4, -0.2) is 44.1 Å². The Morgan fingerprint density at radius 2 is 1.93 bits per heavy atom. The maximum atomic E-state index is 5.84. The zero-order valence-electron chi connectivity index (χ0n) is 9.99. The van der Waals surface area contributed by atoms with Gasteiger partial charge in [0.15, 0.2) is 0 Å². The number of anilines is 2. The van der Waals surface area contributed by atoms with E-state index in [-0.39, 0.29) is 0 Å². The lowest BCUT2D eigenvalue weighted by molar-refractivity contribution is 0.416. The fourth-order valence-electron chi connectivity index (χ4n) is 1.20. The van der Waals surface area contributed by atoms with Crippen molar-refractivity contribution in [2.24, 2.45) is 0 Å². The molecule has 2 N–H and O–H groups in total. The number of aryl methyl sites for hydroxylation is 1. The Balaban J connectivity index is 2.65. The van der Waals surface area contributed by atoms with Crippen LogP contribution in [0.25, 0.3) is 0 Å². The Morgan fingerprint density at radius 3 is 2.47 bits per heavy atom. The van der Waals surface area contributed by atoms with Gasteiger partial charge in [-0.25, -0.2) is 4.98 Å². The van der Waals surface area contributed by atoms with Crippen LogP contribution in [0, 0.1) is 6.92 Å². The molecule has 1 heterocycles. The number of aromatic nitrogens is 1. The van der Waals surface area contributed by atoms with Crippen LogP contribution >= 0.6 is 0 Å². The summed E-state index contributed by atoms with van der Waals surface area (Å²) in [6.07, 6.45) is 1.82. The van der Waals surface area contributed by atoms with Crippen molar-refractivity contribution < 1.29 is 0 Å². The first-order valence-corrected chi connectivity index (χ1v) is 5.08. The normalized spacial score (nSPS) is 10.7. The maximum Gasteiger partial charge on any atom is 0.130 e. The number of nitrogens with two attached hydrogens (primary N) is 1. The average Bonchev–Trinajstić information content (AvgIpc) is 2.18. The van der Waals surface area contributed by atoms with E-state index in [1.54, 1.807) is 0 Å². The van der Waals surface area contributed by atoms with Gasteiger partial charge in [-0.1, -0.05) is 0 Å². The molecule has 1 aromatic rings. The predicted octanol–water partition coefficient (Wildman–Crippen LogP) is 0.970. The largest absolute Gasteiger partial charge is 0.398 e. The van der Waals surface area contributed by atoms with Crippen molar-refractivity contribution in [3.63, 3.8) is 0 Å². The molecule has 0 atom stereocenters. The van der Waals surface area contributed by atoms with Gasteiger partial charge in [0.1, 0.15) is 5.82 Å². The number of hydrogen-bond acceptors (Lipinski definition) is 4. The molecule has 0 unspecified atom stereocenters. The van der Waals surface area contributed by atoms with Crippen LogP contribution in [0.3, 0.4) is 0 Å². The van der Waals surface area contributed by atoms with Crippen LogP contribution in [-0.2, 0) is 0 Å². The summed E-state index contributed by atoms with van der Waals surface area (Å²) in [5, 5.41) is 0. The molecule has 0 saturated carbocycles. The fraction of sp³-hybridized carbons (Fsp3) is 0.545. The Hall–Kier alpha value is -1.29. The smallest absolute Gasteiger partial charge is 0.130 e. The van der Waals surface area contributed by atoms with Gasteiger partial charge in [-0.15, -0.1) is 0 Å². The van der Waals surface area contributed by atoms with Gasteiger partial charge in [0.2, 0.25) is 0 Å². The summed E-state index contributed by atoms with van der Waals surface area (Å²) in [5.41, 5.74) is 7.67. The van der Waals surface area contributed by atoms with Gasteiger partial charge in [0.25, 0.3) is 0 Å². The summed E-state index contributed by atoms with van der Waals surface area (Å²) in [7, 11) is 6.15. The minimum Gasteiger partial charge on any atom is -0.398 e. The highest BCUT2D eigenvalue weighted by atomic mass is 15.2. The lowest BCUT2D eigenvalue weighted by atomic mass is 10.2. The molecule has 4 nitrogen and oxygen atoms in total. The molecule has 84 valence electrons. The van der Waals surface area contributed by atoms with Crippen molar-refractivity contribution in [2.75, 3.05) is 44.9 Å². The number of nitrogen functional groups attached to an aromatic ring is 1. The van der Waals surface area contributed by atoms with Gasteiger partial charge >= 0.3 is 0 Å². The van der Waals surface area contributed by atoms with Gasteiger partial charge in [0, 0.05) is 38.1 Å². The molecular formula is C11H20N4. The molecule has 0 radical (unpaired) electrons. The molecule has 0 bridgehead atoms. The van der Waals surface area contributed by atoms with Crippen molar-refractivity contribution in [3.05, 3.63) is 17.8 Å². The van der Waals surface area contributed by atoms with E-state index in [0.29, 0.717) is 0 Å². The number of rotatable bonds is 4. The van der Waals surface area contributed by atoms with Crippen LogP contribution in [0.1, 0.15) is 5.56 Å². The van der Waals surface area contributed by atoms with Gasteiger partial charge in [0.05, 0.1) is 0 Å². The first-order valence-electron chi connectivity index (χ1n) is 5.08. The molecule has 1 aromatic heterocycles. The third kappa shape index (κ3) is 3.40. The minimum atomic E-state index is 0.803. The third-order valence-electron chi connectivity index (χ3n) is 2.40. The van der Waals surface area contributed by atoms with Gasteiger partial charge < -0.3 is 15.5 Å². The predicted molar refractivity (Wildman–Crippen MR) is 65.2 cm³/mol. The number of hydrogen-bond donors (Lipinski definition) is 1. The molecule has 0 aliphatic heterocycles. The molecule has 0 aromatic carbocycles. The Kier molecular flexibility index (Phi) is 3.91. The van der Waals surface area contributed by atoms with E-state index in [4.69, 9.17) is 5.73 Å². The number of nitrogens with zero attached hydrogens (tertiary/aromatic N) is 3. The summed E-state index contributed by atoms with van der Waals surface area (Å²) in [4.78, 5) is 8.60. The first kappa shape index (κ1) is 11.8. The van der Waals surface area contributed by atoms with Gasteiger partial charge in [-0.2, -0.15) is 0 Å². The van der Waals surface area contributed by atoms with E-state index in [1.807, 2.05) is 26.2 Å². The molecule has 0 amide bonds. The zero-order chi connectivity index (χ0) is 11.4. The topological polar surface area (TPSA) is 45.4 Å². The molecular weight excluding hydrogens is 188 g/mol. The Morgan fingerprint density at radius 1 is 1.27 bits per heavy atom. The monoisotopic (exact) mass is 208 g/mol. The van der Waals surface area contributed by atoms with E-state index in [0.717, 1.165) is 30.2 Å². The molecule has 0 aliphatic carbocycles. The molecule has 0 aliphatic rings. The molecule has 0 spiro atoms. The molecule has 15 heavy (non-hydrogen) atoms. The van der Waals surface area contributed by atoms with Gasteiger partial charge in [-0.05, 0) is 26.6 Å². The Labute approximate surface area is 91.7 Å². The van der Waals surface area contributed by atoms with Crippen LogP contribution < -0.4 is 10.6 Å². The quantitative estimate of drug-likeness (QED) is 0.801. The summed E-state index contributed by atoms with van der Waals surface area (Å²) in [6.45, 7) is 3.92. The third-order valence-corrected chi connectivity index (χ3v) is 2.40. The standard InChI is InChI=1S/C11H20N4/c1-9-8-13-11(7-10(9)12)15(4)6-5-14(2)3/h7-8H,5-6H2,1-4H3,(H2,12,13). The van der Waals surface area contributed by atoms with Crippen LogP contribution in [0.5, 0.6) is 0 Å². The van der Waals surface area contributed by atoms with Crippen molar-refractivity contribution in [3.8, 4) is 0 Å². The van der Waals surface area contributed by atoms with Crippen molar-refractivity contribution in [2.45, 2.75) is 6.92 Å². The second-order valence-corrected chi connectivity index (χ2v) is 4.12. The van der Waals surface area contributed by atoms with Crippen LogP contribution in [0.15, 0.2) is 12.3 Å². The van der Waals surface area contributed by atoms with Crippen molar-refractivity contribution >= 4 is 11.5 Å². The Bertz CT molecular complexity index is 322. The molecule has 1 rings (SSSR count). The summed E-state index contributed by atoms with van der Waals surface area (Å²) in [5.74, 6) is 0.931. The highest BCUT2D eigenvalue weighted by molar-refractivity contribution is 5.54. The molecule has 0 fully saturated rings. The van der Waals surface area contributed by atoms with Gasteiger partial charge in [-0.3, -0.25) is 0 Å².